The van der Waals surface area contributed by atoms with Crippen molar-refractivity contribution in [3.05, 3.63) is 48.2 Å². The molecule has 3 heteroatoms. The molecule has 1 aromatic carbocycles. The fourth-order valence-corrected chi connectivity index (χ4v) is 1.10. The highest BCUT2D eigenvalue weighted by molar-refractivity contribution is 5.79. The van der Waals surface area contributed by atoms with Crippen LogP contribution in [0.1, 0.15) is 12.5 Å². The molecular weight excluding hydrogens is 188 g/mol. The number of carbonyl (C=O) groups is 1. The smallest absolute Gasteiger partial charge is 0.239 e. The lowest BCUT2D eigenvalue weighted by Crippen LogP contribution is -2.35. The molecule has 80 valence electrons. The first-order valence-electron chi connectivity index (χ1n) is 4.94. The second kappa shape index (κ2) is 5.86. The Balaban J connectivity index is 2.32. The molecule has 1 rings (SSSR count). The van der Waals surface area contributed by atoms with Crippen LogP contribution in [0.4, 0.5) is 0 Å². The molecule has 15 heavy (non-hydrogen) atoms. The van der Waals surface area contributed by atoms with Gasteiger partial charge in [0.2, 0.25) is 5.91 Å². The number of benzene rings is 1. The molecule has 0 radical (unpaired) electrons. The summed E-state index contributed by atoms with van der Waals surface area (Å²) >= 11 is 0. The molecular formula is C12H16N2O. The minimum absolute atomic E-state index is 0.322. The molecule has 0 saturated heterocycles. The SMILES string of the molecule is C[C@@H](N/C=C\Cc1ccccc1)C(N)=O. The van der Waals surface area contributed by atoms with Gasteiger partial charge in [0.1, 0.15) is 6.04 Å². The van der Waals surface area contributed by atoms with Crippen LogP contribution in [0.25, 0.3) is 0 Å². The molecule has 0 aliphatic heterocycles. The van der Waals surface area contributed by atoms with Crippen LogP contribution in [0, 0.1) is 0 Å². The Labute approximate surface area is 90.0 Å². The van der Waals surface area contributed by atoms with Crippen molar-refractivity contribution in [3.8, 4) is 0 Å². The quantitative estimate of drug-likeness (QED) is 0.757. The maximum Gasteiger partial charge on any atom is 0.239 e. The normalized spacial score (nSPS) is 12.6. The highest BCUT2D eigenvalue weighted by Crippen LogP contribution is 1.99. The Bertz CT molecular complexity index is 333. The fourth-order valence-electron chi connectivity index (χ4n) is 1.10. The van der Waals surface area contributed by atoms with Gasteiger partial charge in [-0.2, -0.15) is 0 Å². The Kier molecular flexibility index (Phi) is 4.41. The summed E-state index contributed by atoms with van der Waals surface area (Å²) in [5.74, 6) is -0.348. The number of hydrogen-bond acceptors (Lipinski definition) is 2. The number of carbonyl (C=O) groups excluding carboxylic acids is 1. The van der Waals surface area contributed by atoms with E-state index in [4.69, 9.17) is 5.73 Å². The standard InChI is InChI=1S/C12H16N2O/c1-10(12(13)15)14-9-5-8-11-6-3-2-4-7-11/h2-7,9-10,14H,8H2,1H3,(H2,13,15)/b9-5-/t10-/m1/s1. The highest BCUT2D eigenvalue weighted by atomic mass is 16.1. The average molecular weight is 204 g/mol. The number of rotatable bonds is 5. The fraction of sp³-hybridized carbons (Fsp3) is 0.250. The monoisotopic (exact) mass is 204 g/mol. The van der Waals surface area contributed by atoms with Gasteiger partial charge in [-0.05, 0) is 25.1 Å². The van der Waals surface area contributed by atoms with Crippen LogP contribution in [-0.4, -0.2) is 11.9 Å². The van der Waals surface area contributed by atoms with Crippen molar-refractivity contribution in [1.82, 2.24) is 5.32 Å². The maximum atomic E-state index is 10.7. The summed E-state index contributed by atoms with van der Waals surface area (Å²) in [6.45, 7) is 1.73. The van der Waals surface area contributed by atoms with Crippen LogP contribution in [0.15, 0.2) is 42.6 Å². The minimum atomic E-state index is -0.348. The second-order valence-electron chi connectivity index (χ2n) is 3.38. The van der Waals surface area contributed by atoms with Gasteiger partial charge in [-0.3, -0.25) is 4.79 Å². The molecule has 0 unspecified atom stereocenters. The molecule has 0 spiro atoms. The van der Waals surface area contributed by atoms with E-state index in [9.17, 15) is 4.79 Å². The molecule has 0 fully saturated rings. The zero-order chi connectivity index (χ0) is 11.1. The third kappa shape index (κ3) is 4.31. The number of amides is 1. The van der Waals surface area contributed by atoms with Gasteiger partial charge in [0.15, 0.2) is 0 Å². The first kappa shape index (κ1) is 11.3. The Morgan fingerprint density at radius 3 is 2.73 bits per heavy atom. The zero-order valence-corrected chi connectivity index (χ0v) is 8.81. The molecule has 0 saturated carbocycles. The van der Waals surface area contributed by atoms with Crippen LogP contribution in [-0.2, 0) is 11.2 Å². The van der Waals surface area contributed by atoms with Crippen LogP contribution in [0.2, 0.25) is 0 Å². The van der Waals surface area contributed by atoms with Crippen molar-refractivity contribution in [3.63, 3.8) is 0 Å². The Hall–Kier alpha value is -1.77. The summed E-state index contributed by atoms with van der Waals surface area (Å²) in [7, 11) is 0. The summed E-state index contributed by atoms with van der Waals surface area (Å²) < 4.78 is 0. The largest absolute Gasteiger partial charge is 0.380 e. The van der Waals surface area contributed by atoms with Gasteiger partial charge in [0, 0.05) is 0 Å². The molecule has 3 nitrogen and oxygen atoms in total. The summed E-state index contributed by atoms with van der Waals surface area (Å²) in [6.07, 6.45) is 4.58. The number of hydrogen-bond donors (Lipinski definition) is 2. The van der Waals surface area contributed by atoms with Crippen LogP contribution in [0.5, 0.6) is 0 Å². The summed E-state index contributed by atoms with van der Waals surface area (Å²) in [6, 6.07) is 9.78. The molecule has 1 aromatic rings. The van der Waals surface area contributed by atoms with Crippen molar-refractivity contribution in [2.45, 2.75) is 19.4 Å². The van der Waals surface area contributed by atoms with Gasteiger partial charge in [0.05, 0.1) is 0 Å². The first-order valence-corrected chi connectivity index (χ1v) is 4.94. The number of nitrogens with one attached hydrogen (secondary N) is 1. The van der Waals surface area contributed by atoms with E-state index >= 15 is 0 Å². The van der Waals surface area contributed by atoms with Crippen LogP contribution < -0.4 is 11.1 Å². The lowest BCUT2D eigenvalue weighted by Gasteiger charge is -2.05. The van der Waals surface area contributed by atoms with Gasteiger partial charge >= 0.3 is 0 Å². The molecule has 0 aliphatic carbocycles. The van der Waals surface area contributed by atoms with Gasteiger partial charge < -0.3 is 11.1 Å². The van der Waals surface area contributed by atoms with E-state index in [2.05, 4.69) is 17.4 Å². The average Bonchev–Trinajstić information content (AvgIpc) is 2.25. The van der Waals surface area contributed by atoms with E-state index in [0.29, 0.717) is 0 Å². The Morgan fingerprint density at radius 2 is 2.13 bits per heavy atom. The van der Waals surface area contributed by atoms with Crippen molar-refractivity contribution in [2.75, 3.05) is 0 Å². The van der Waals surface area contributed by atoms with Crippen molar-refractivity contribution in [1.29, 1.82) is 0 Å². The van der Waals surface area contributed by atoms with E-state index in [1.807, 2.05) is 24.3 Å². The second-order valence-corrected chi connectivity index (χ2v) is 3.38. The van der Waals surface area contributed by atoms with E-state index in [1.165, 1.54) is 5.56 Å². The predicted octanol–water partition coefficient (Wildman–Crippen LogP) is 1.21. The Morgan fingerprint density at radius 1 is 1.47 bits per heavy atom. The molecule has 0 bridgehead atoms. The number of nitrogens with two attached hydrogens (primary N) is 1. The topological polar surface area (TPSA) is 55.1 Å². The molecule has 0 aliphatic rings. The lowest BCUT2D eigenvalue weighted by molar-refractivity contribution is -0.119. The zero-order valence-electron chi connectivity index (χ0n) is 8.81. The molecule has 1 atom stereocenters. The van der Waals surface area contributed by atoms with Crippen LogP contribution >= 0.6 is 0 Å². The third-order valence-electron chi connectivity index (χ3n) is 2.09. The molecule has 0 heterocycles. The summed E-state index contributed by atoms with van der Waals surface area (Å²) in [4.78, 5) is 10.7. The third-order valence-corrected chi connectivity index (χ3v) is 2.09. The van der Waals surface area contributed by atoms with Crippen molar-refractivity contribution < 1.29 is 4.79 Å². The summed E-state index contributed by atoms with van der Waals surface area (Å²) in [5, 5.41) is 2.90. The first-order chi connectivity index (χ1) is 7.20. The molecule has 1 amide bonds. The molecule has 0 aromatic heterocycles. The highest BCUT2D eigenvalue weighted by Gasteiger charge is 2.03. The number of allylic oxidation sites excluding steroid dienone is 1. The van der Waals surface area contributed by atoms with E-state index < -0.39 is 0 Å². The summed E-state index contributed by atoms with van der Waals surface area (Å²) in [5.41, 5.74) is 6.33. The minimum Gasteiger partial charge on any atom is -0.380 e. The lowest BCUT2D eigenvalue weighted by atomic mass is 10.1. The van der Waals surface area contributed by atoms with Gasteiger partial charge in [-0.15, -0.1) is 0 Å². The van der Waals surface area contributed by atoms with Crippen molar-refractivity contribution >= 4 is 5.91 Å². The van der Waals surface area contributed by atoms with Gasteiger partial charge in [0.25, 0.3) is 0 Å². The van der Waals surface area contributed by atoms with E-state index in [1.54, 1.807) is 13.1 Å². The van der Waals surface area contributed by atoms with Crippen LogP contribution in [0.3, 0.4) is 0 Å². The maximum absolute atomic E-state index is 10.7. The van der Waals surface area contributed by atoms with Gasteiger partial charge in [-0.25, -0.2) is 0 Å². The number of primary amides is 1. The van der Waals surface area contributed by atoms with Gasteiger partial charge in [-0.1, -0.05) is 36.4 Å². The van der Waals surface area contributed by atoms with Crippen molar-refractivity contribution in [2.24, 2.45) is 5.73 Å². The van der Waals surface area contributed by atoms with E-state index in [0.717, 1.165) is 6.42 Å². The predicted molar refractivity (Wildman–Crippen MR) is 61.1 cm³/mol. The van der Waals surface area contributed by atoms with E-state index in [-0.39, 0.29) is 11.9 Å². The molecule has 3 N–H and O–H groups in total.